The van der Waals surface area contributed by atoms with Gasteiger partial charge >= 0.3 is 0 Å². The summed E-state index contributed by atoms with van der Waals surface area (Å²) < 4.78 is 14.9. The van der Waals surface area contributed by atoms with Crippen LogP contribution in [0.4, 0.5) is 4.39 Å². The predicted molar refractivity (Wildman–Crippen MR) is 74.7 cm³/mol. The number of halogens is 2. The fourth-order valence-electron chi connectivity index (χ4n) is 2.47. The maximum absolute atomic E-state index is 14.1. The molecule has 1 atom stereocenters. The number of carbonyl (C=O) groups is 1. The molecule has 0 saturated heterocycles. The van der Waals surface area contributed by atoms with Gasteiger partial charge in [-0.3, -0.25) is 4.79 Å². The molecule has 6 heteroatoms. The van der Waals surface area contributed by atoms with Crippen molar-refractivity contribution in [2.75, 3.05) is 0 Å². The Morgan fingerprint density at radius 3 is 3.05 bits per heavy atom. The monoisotopic (exact) mass is 335 g/mol. The third kappa shape index (κ3) is 2.10. The SMILES string of the molecule is CC1(c2cc(Br)ccc2F)Cc2ncncc2C(=O)N1. The van der Waals surface area contributed by atoms with E-state index in [2.05, 4.69) is 31.2 Å². The van der Waals surface area contributed by atoms with Gasteiger partial charge < -0.3 is 5.32 Å². The van der Waals surface area contributed by atoms with Gasteiger partial charge in [0.1, 0.15) is 12.1 Å². The summed E-state index contributed by atoms with van der Waals surface area (Å²) in [5.74, 6) is -0.637. The van der Waals surface area contributed by atoms with Crippen LogP contribution in [0.3, 0.4) is 0 Å². The predicted octanol–water partition coefficient (Wildman–Crippen LogP) is 2.58. The van der Waals surface area contributed by atoms with Gasteiger partial charge in [0.2, 0.25) is 0 Å². The average Bonchev–Trinajstić information content (AvgIpc) is 2.41. The Balaban J connectivity index is 2.11. The first kappa shape index (κ1) is 13.2. The zero-order chi connectivity index (χ0) is 14.3. The number of hydrogen-bond donors (Lipinski definition) is 1. The van der Waals surface area contributed by atoms with Crippen molar-refractivity contribution in [3.63, 3.8) is 0 Å². The van der Waals surface area contributed by atoms with E-state index in [0.29, 0.717) is 23.2 Å². The number of benzene rings is 1. The smallest absolute Gasteiger partial charge is 0.255 e. The molecule has 1 aromatic carbocycles. The quantitative estimate of drug-likeness (QED) is 0.871. The zero-order valence-corrected chi connectivity index (χ0v) is 12.2. The first-order valence-electron chi connectivity index (χ1n) is 6.06. The maximum Gasteiger partial charge on any atom is 0.255 e. The van der Waals surface area contributed by atoms with Crippen LogP contribution in [-0.2, 0) is 12.0 Å². The molecule has 1 aliphatic rings. The van der Waals surface area contributed by atoms with Crippen LogP contribution in [0.5, 0.6) is 0 Å². The van der Waals surface area contributed by atoms with Crippen LogP contribution in [0.25, 0.3) is 0 Å². The zero-order valence-electron chi connectivity index (χ0n) is 10.7. The number of amides is 1. The Morgan fingerprint density at radius 1 is 1.45 bits per heavy atom. The number of nitrogens with zero attached hydrogens (tertiary/aromatic N) is 2. The van der Waals surface area contributed by atoms with Crippen molar-refractivity contribution in [2.24, 2.45) is 0 Å². The van der Waals surface area contributed by atoms with Gasteiger partial charge in [-0.05, 0) is 25.1 Å². The summed E-state index contributed by atoms with van der Waals surface area (Å²) in [5.41, 5.74) is 0.683. The highest BCUT2D eigenvalue weighted by molar-refractivity contribution is 9.10. The van der Waals surface area contributed by atoms with Crippen LogP contribution in [0.1, 0.15) is 28.5 Å². The fraction of sp³-hybridized carbons (Fsp3) is 0.214. The summed E-state index contributed by atoms with van der Waals surface area (Å²) in [7, 11) is 0. The van der Waals surface area contributed by atoms with Crippen molar-refractivity contribution in [2.45, 2.75) is 18.9 Å². The Hall–Kier alpha value is -1.82. The van der Waals surface area contributed by atoms with E-state index in [9.17, 15) is 9.18 Å². The van der Waals surface area contributed by atoms with E-state index < -0.39 is 5.54 Å². The van der Waals surface area contributed by atoms with Gasteiger partial charge in [0, 0.05) is 22.7 Å². The molecule has 2 heterocycles. The van der Waals surface area contributed by atoms with Gasteiger partial charge in [-0.1, -0.05) is 15.9 Å². The largest absolute Gasteiger partial charge is 0.342 e. The van der Waals surface area contributed by atoms with Crippen LogP contribution >= 0.6 is 15.9 Å². The molecule has 1 aromatic heterocycles. The molecule has 102 valence electrons. The summed E-state index contributed by atoms with van der Waals surface area (Å²) in [5, 5.41) is 2.85. The van der Waals surface area contributed by atoms with Gasteiger partial charge in [0.15, 0.2) is 0 Å². The minimum absolute atomic E-state index is 0.284. The number of hydrogen-bond acceptors (Lipinski definition) is 3. The lowest BCUT2D eigenvalue weighted by molar-refractivity contribution is 0.0882. The van der Waals surface area contributed by atoms with Crippen LogP contribution < -0.4 is 5.32 Å². The maximum atomic E-state index is 14.1. The standard InChI is InChI=1S/C14H11BrFN3O/c1-14(10-4-8(15)2-3-11(10)16)5-12-9(13(20)19-14)6-17-7-18-12/h2-4,6-7H,5H2,1H3,(H,19,20). The van der Waals surface area contributed by atoms with Crippen molar-refractivity contribution < 1.29 is 9.18 Å². The van der Waals surface area contributed by atoms with Gasteiger partial charge in [-0.2, -0.15) is 0 Å². The van der Waals surface area contributed by atoms with Gasteiger partial charge in [-0.15, -0.1) is 0 Å². The van der Waals surface area contributed by atoms with E-state index in [4.69, 9.17) is 0 Å². The second-order valence-electron chi connectivity index (χ2n) is 4.97. The number of carbonyl (C=O) groups excluding carboxylic acids is 1. The van der Waals surface area contributed by atoms with E-state index in [1.54, 1.807) is 19.1 Å². The topological polar surface area (TPSA) is 54.9 Å². The Morgan fingerprint density at radius 2 is 2.25 bits per heavy atom. The average molecular weight is 336 g/mol. The molecule has 1 amide bonds. The summed E-state index contributed by atoms with van der Waals surface area (Å²) in [4.78, 5) is 20.1. The van der Waals surface area contributed by atoms with E-state index >= 15 is 0 Å². The first-order chi connectivity index (χ1) is 9.49. The first-order valence-corrected chi connectivity index (χ1v) is 6.86. The molecule has 0 bridgehead atoms. The third-order valence-electron chi connectivity index (χ3n) is 3.47. The summed E-state index contributed by atoms with van der Waals surface area (Å²) >= 11 is 3.33. The number of fused-ring (bicyclic) bond motifs is 1. The number of nitrogens with one attached hydrogen (secondary N) is 1. The van der Waals surface area contributed by atoms with Crippen LogP contribution in [-0.4, -0.2) is 15.9 Å². The lowest BCUT2D eigenvalue weighted by atomic mass is 9.83. The Kier molecular flexibility index (Phi) is 3.05. The van der Waals surface area contributed by atoms with Crippen molar-refractivity contribution in [3.05, 3.63) is 57.8 Å². The van der Waals surface area contributed by atoms with Crippen molar-refractivity contribution in [1.29, 1.82) is 0 Å². The van der Waals surface area contributed by atoms with E-state index in [1.165, 1.54) is 18.6 Å². The molecule has 0 fully saturated rings. The van der Waals surface area contributed by atoms with Gasteiger partial charge in [0.05, 0.1) is 16.8 Å². The Labute approximate surface area is 123 Å². The molecule has 0 spiro atoms. The molecule has 0 radical (unpaired) electrons. The second kappa shape index (κ2) is 4.63. The molecular formula is C14H11BrFN3O. The molecule has 1 unspecified atom stereocenters. The summed E-state index contributed by atoms with van der Waals surface area (Å²) in [6.45, 7) is 1.79. The van der Waals surface area contributed by atoms with E-state index in [-0.39, 0.29) is 11.7 Å². The molecule has 0 aliphatic carbocycles. The lowest BCUT2D eigenvalue weighted by Crippen LogP contribution is -2.50. The molecule has 1 aliphatic heterocycles. The third-order valence-corrected chi connectivity index (χ3v) is 3.97. The molecule has 1 N–H and O–H groups in total. The van der Waals surface area contributed by atoms with Crippen molar-refractivity contribution in [1.82, 2.24) is 15.3 Å². The van der Waals surface area contributed by atoms with Crippen molar-refractivity contribution >= 4 is 21.8 Å². The van der Waals surface area contributed by atoms with E-state index in [1.807, 2.05) is 0 Å². The summed E-state index contributed by atoms with van der Waals surface area (Å²) in [6, 6.07) is 4.69. The molecule has 4 nitrogen and oxygen atoms in total. The highest BCUT2D eigenvalue weighted by Crippen LogP contribution is 2.33. The number of aromatic nitrogens is 2. The normalized spacial score (nSPS) is 21.2. The Bertz CT molecular complexity index is 707. The second-order valence-corrected chi connectivity index (χ2v) is 5.89. The molecular weight excluding hydrogens is 325 g/mol. The van der Waals surface area contributed by atoms with Gasteiger partial charge in [-0.25, -0.2) is 14.4 Å². The highest BCUT2D eigenvalue weighted by atomic mass is 79.9. The molecule has 0 saturated carbocycles. The highest BCUT2D eigenvalue weighted by Gasteiger charge is 2.38. The lowest BCUT2D eigenvalue weighted by Gasteiger charge is -2.35. The fourth-order valence-corrected chi connectivity index (χ4v) is 2.83. The van der Waals surface area contributed by atoms with Gasteiger partial charge in [0.25, 0.3) is 5.91 Å². The van der Waals surface area contributed by atoms with Crippen LogP contribution in [0.2, 0.25) is 0 Å². The minimum atomic E-state index is -0.827. The molecule has 2 aromatic rings. The van der Waals surface area contributed by atoms with E-state index in [0.717, 1.165) is 4.47 Å². The summed E-state index contributed by atoms with van der Waals surface area (Å²) in [6.07, 6.45) is 3.30. The van der Waals surface area contributed by atoms with Crippen molar-refractivity contribution in [3.8, 4) is 0 Å². The minimum Gasteiger partial charge on any atom is -0.342 e. The molecule has 3 rings (SSSR count). The van der Waals surface area contributed by atoms with Crippen LogP contribution in [0, 0.1) is 5.82 Å². The molecule has 20 heavy (non-hydrogen) atoms. The van der Waals surface area contributed by atoms with Crippen LogP contribution in [0.15, 0.2) is 35.2 Å². The number of rotatable bonds is 1.